The van der Waals surface area contributed by atoms with Gasteiger partial charge in [-0.05, 0) is 99.8 Å². The van der Waals surface area contributed by atoms with Crippen LogP contribution >= 0.6 is 48.9 Å². The van der Waals surface area contributed by atoms with Crippen LogP contribution in [-0.4, -0.2) is 91.1 Å². The molecule has 1 atom stereocenters. The van der Waals surface area contributed by atoms with Crippen LogP contribution in [0.5, 0.6) is 0 Å². The first-order chi connectivity index (χ1) is 20.0. The van der Waals surface area contributed by atoms with Gasteiger partial charge in [0.2, 0.25) is 0 Å². The Morgan fingerprint density at radius 1 is 0.773 bits per heavy atom. The molecule has 1 unspecified atom stereocenters. The third-order valence-electron chi connectivity index (χ3n) is 5.66. The van der Waals surface area contributed by atoms with Crippen LogP contribution < -0.4 is 4.90 Å². The van der Waals surface area contributed by atoms with Crippen LogP contribution in [0.3, 0.4) is 0 Å². The van der Waals surface area contributed by atoms with Crippen molar-refractivity contribution in [2.24, 2.45) is 0 Å². The number of amides is 2. The Morgan fingerprint density at radius 3 is 1.59 bits per heavy atom. The van der Waals surface area contributed by atoms with E-state index in [1.54, 1.807) is 9.80 Å². The van der Waals surface area contributed by atoms with E-state index >= 15 is 0 Å². The lowest BCUT2D eigenvalue weighted by atomic mass is 10.1. The number of hydrogen-bond donors (Lipinski definition) is 0. The number of halogens is 1. The van der Waals surface area contributed by atoms with Gasteiger partial charge in [-0.15, -0.1) is 0 Å². The van der Waals surface area contributed by atoms with Crippen molar-refractivity contribution in [1.82, 2.24) is 18.5 Å². The van der Waals surface area contributed by atoms with Gasteiger partial charge in [0.05, 0.1) is 9.85 Å². The van der Waals surface area contributed by atoms with Crippen LogP contribution in [0.25, 0.3) is 0 Å². The molecule has 2 aliphatic rings. The molecule has 2 saturated heterocycles. The Kier molecular flexibility index (Phi) is 15.8. The first-order valence-corrected chi connectivity index (χ1v) is 15.9. The van der Waals surface area contributed by atoms with Crippen LogP contribution in [0.1, 0.15) is 60.8 Å². The summed E-state index contributed by atoms with van der Waals surface area (Å²) in [5, 5.41) is 21.5. The molecule has 2 aliphatic heterocycles. The van der Waals surface area contributed by atoms with Crippen LogP contribution in [-0.2, 0) is 9.47 Å². The molecule has 2 aromatic rings. The molecule has 0 aromatic carbocycles. The number of aromatic nitrogens is 2. The van der Waals surface area contributed by atoms with Gasteiger partial charge in [0.15, 0.2) is 8.79 Å². The summed E-state index contributed by atoms with van der Waals surface area (Å²) in [7, 11) is 0. The molecule has 0 radical (unpaired) electrons. The molecule has 0 N–H and O–H groups in total. The first kappa shape index (κ1) is 39.3. The smallest absolute Gasteiger partial charge is 0.410 e. The number of carbonyl (C=O) groups is 2. The fourth-order valence-electron chi connectivity index (χ4n) is 3.73. The van der Waals surface area contributed by atoms with Crippen molar-refractivity contribution in [1.29, 1.82) is 0 Å². The number of piperidine rings is 1. The quantitative estimate of drug-likeness (QED) is 0.194. The molecule has 4 heterocycles. The zero-order valence-electron chi connectivity index (χ0n) is 25.8. The van der Waals surface area contributed by atoms with Gasteiger partial charge >= 0.3 is 23.6 Å². The van der Waals surface area contributed by atoms with Crippen molar-refractivity contribution < 1.29 is 28.9 Å². The Labute approximate surface area is 276 Å². The molecule has 0 saturated carbocycles. The van der Waals surface area contributed by atoms with Gasteiger partial charge in [-0.3, -0.25) is 20.2 Å². The van der Waals surface area contributed by atoms with Gasteiger partial charge in [0.1, 0.15) is 23.6 Å². The number of ether oxygens (including phenoxy) is 2. The third-order valence-corrected chi connectivity index (χ3v) is 7.93. The summed E-state index contributed by atoms with van der Waals surface area (Å²) in [6.45, 7) is 14.9. The number of nitro groups is 2. The van der Waals surface area contributed by atoms with Gasteiger partial charge in [-0.2, -0.15) is 18.6 Å². The minimum Gasteiger partial charge on any atom is -0.444 e. The topological polar surface area (TPSA) is 174 Å². The first-order valence-electron chi connectivity index (χ1n) is 13.5. The number of piperazine rings is 1. The van der Waals surface area contributed by atoms with E-state index in [0.29, 0.717) is 35.0 Å². The minimum atomic E-state index is -0.523. The van der Waals surface area contributed by atoms with Crippen molar-refractivity contribution in [3.8, 4) is 0 Å². The van der Waals surface area contributed by atoms with Gasteiger partial charge in [0.25, 0.3) is 0 Å². The van der Waals surface area contributed by atoms with Gasteiger partial charge < -0.3 is 24.2 Å². The van der Waals surface area contributed by atoms with Gasteiger partial charge in [-0.25, -0.2) is 9.59 Å². The zero-order valence-corrected chi connectivity index (χ0v) is 30.4. The van der Waals surface area contributed by atoms with E-state index in [1.165, 1.54) is 18.8 Å². The number of carbonyl (C=O) groups excluding carboxylic acids is 2. The Balaban J connectivity index is 0.000000359. The van der Waals surface area contributed by atoms with E-state index in [4.69, 9.17) is 9.47 Å². The number of nitrogens with zero attached hydrogens (tertiary/aromatic N) is 7. The summed E-state index contributed by atoms with van der Waals surface area (Å²) in [6.07, 6.45) is 5.43. The van der Waals surface area contributed by atoms with Gasteiger partial charge in [-0.1, -0.05) is 0 Å². The monoisotopic (exact) mass is 741 g/mol. The Morgan fingerprint density at radius 2 is 1.20 bits per heavy atom. The molecule has 2 fully saturated rings. The summed E-state index contributed by atoms with van der Waals surface area (Å²) < 4.78 is 18.5. The second-order valence-corrected chi connectivity index (χ2v) is 14.4. The van der Waals surface area contributed by atoms with Crippen LogP contribution in [0.4, 0.5) is 26.0 Å². The molecule has 0 spiro atoms. The highest BCUT2D eigenvalue weighted by Gasteiger charge is 2.30. The highest BCUT2D eigenvalue weighted by molar-refractivity contribution is 9.11. The molecular weight excluding hydrogens is 701 g/mol. The lowest BCUT2D eigenvalue weighted by molar-refractivity contribution is -0.385. The predicted octanol–water partition coefficient (Wildman–Crippen LogP) is 6.39. The fourth-order valence-corrected chi connectivity index (χ4v) is 5.47. The molecular formula is C25H41BrN7O8PS2. The molecule has 44 heavy (non-hydrogen) atoms. The molecule has 0 bridgehead atoms. The van der Waals surface area contributed by atoms with Crippen LogP contribution in [0.15, 0.2) is 16.2 Å². The summed E-state index contributed by atoms with van der Waals surface area (Å²) in [5.41, 5.74) is -0.843. The van der Waals surface area contributed by atoms with E-state index < -0.39 is 15.4 Å². The van der Waals surface area contributed by atoms with Crippen molar-refractivity contribution in [2.45, 2.75) is 72.0 Å². The lowest BCUT2D eigenvalue weighted by Gasteiger charge is -2.35. The van der Waals surface area contributed by atoms with E-state index in [0.717, 1.165) is 49.0 Å². The van der Waals surface area contributed by atoms with Crippen molar-refractivity contribution in [2.75, 3.05) is 44.2 Å². The van der Waals surface area contributed by atoms with Crippen molar-refractivity contribution in [3.05, 3.63) is 36.4 Å². The summed E-state index contributed by atoms with van der Waals surface area (Å²) in [4.78, 5) is 48.8. The fraction of sp³-hybridized carbons (Fsp3) is 0.680. The summed E-state index contributed by atoms with van der Waals surface area (Å²) in [6, 6.07) is 0. The Bertz CT molecular complexity index is 1240. The molecule has 19 heteroatoms. The highest BCUT2D eigenvalue weighted by atomic mass is 79.9. The SMILES string of the molecule is CC(C)(C)OC(=O)N1CCCCC1.CC(C)(C)OC(=O)N1CCN(c2sncc2[N+](=O)[O-])CC1.O=[N+]([O-])c1cnsc1Br.P. The average Bonchev–Trinajstić information content (AvgIpc) is 3.58. The van der Waals surface area contributed by atoms with Crippen molar-refractivity contribution >= 4 is 77.5 Å². The number of hydrogen-bond acceptors (Lipinski definition) is 13. The van der Waals surface area contributed by atoms with E-state index in [1.807, 2.05) is 46.4 Å². The van der Waals surface area contributed by atoms with Gasteiger partial charge in [0, 0.05) is 39.3 Å². The van der Waals surface area contributed by atoms with E-state index in [-0.39, 0.29) is 39.1 Å². The standard InChI is InChI=1S/C12H18N4O4S.C10H19NO2.C3HBrN2O2S.H3P/c1-12(2,3)20-11(17)15-6-4-14(5-7-15)10-9(16(18)19)8-13-21-10;1-10(2,3)13-9(12)11-7-5-4-6-8-11;4-3-2(6(7)8)1-5-9-3;/h8H,4-7H2,1-3H3;4-8H2,1-3H3;1H;1H3. The molecule has 4 rings (SSSR count). The minimum absolute atomic E-state index is 0. The molecule has 15 nitrogen and oxygen atoms in total. The number of likely N-dealkylation sites (tertiary alicyclic amines) is 1. The third kappa shape index (κ3) is 13.5. The average molecular weight is 743 g/mol. The lowest BCUT2D eigenvalue weighted by Crippen LogP contribution is -2.50. The maximum absolute atomic E-state index is 11.9. The summed E-state index contributed by atoms with van der Waals surface area (Å²) in [5.74, 6) is 0. The molecule has 0 aliphatic carbocycles. The maximum atomic E-state index is 11.9. The number of anilines is 1. The van der Waals surface area contributed by atoms with Crippen LogP contribution in [0, 0.1) is 20.2 Å². The number of rotatable bonds is 3. The Hall–Kier alpha value is -2.69. The largest absolute Gasteiger partial charge is 0.444 e. The zero-order chi connectivity index (χ0) is 32.4. The maximum Gasteiger partial charge on any atom is 0.410 e. The highest BCUT2D eigenvalue weighted by Crippen LogP contribution is 2.32. The van der Waals surface area contributed by atoms with Crippen LogP contribution in [0.2, 0.25) is 0 Å². The molecule has 2 amide bonds. The molecule has 2 aromatic heterocycles. The second kappa shape index (κ2) is 17.7. The predicted molar refractivity (Wildman–Crippen MR) is 178 cm³/mol. The molecule has 248 valence electrons. The second-order valence-electron chi connectivity index (χ2n) is 11.5. The van der Waals surface area contributed by atoms with Crippen molar-refractivity contribution in [3.63, 3.8) is 0 Å². The normalized spacial score (nSPS) is 15.0. The summed E-state index contributed by atoms with van der Waals surface area (Å²) >= 11 is 5.14. The van der Waals surface area contributed by atoms with E-state index in [9.17, 15) is 29.8 Å². The van der Waals surface area contributed by atoms with E-state index in [2.05, 4.69) is 24.7 Å².